The average Bonchev–Trinajstić information content (AvgIpc) is 2.33. The van der Waals surface area contributed by atoms with Crippen molar-refractivity contribution >= 4 is 27.3 Å². The van der Waals surface area contributed by atoms with Gasteiger partial charge in [0.1, 0.15) is 4.90 Å². The number of nitrogens with zero attached hydrogens (tertiary/aromatic N) is 1. The summed E-state index contributed by atoms with van der Waals surface area (Å²) >= 11 is 5.72. The normalized spacial score (nSPS) is 11.8. The first kappa shape index (κ1) is 15.9. The van der Waals surface area contributed by atoms with Crippen molar-refractivity contribution in [2.24, 2.45) is 0 Å². The van der Waals surface area contributed by atoms with Crippen LogP contribution in [-0.4, -0.2) is 26.3 Å². The van der Waals surface area contributed by atoms with Crippen molar-refractivity contribution in [1.29, 1.82) is 0 Å². The Hall–Kier alpha value is -1.11. The van der Waals surface area contributed by atoms with Crippen LogP contribution in [0.1, 0.15) is 12.8 Å². The third-order valence-electron chi connectivity index (χ3n) is 2.60. The van der Waals surface area contributed by atoms with Crippen molar-refractivity contribution in [3.8, 4) is 0 Å². The van der Waals surface area contributed by atoms with Gasteiger partial charge in [-0.25, -0.2) is 17.1 Å². The zero-order valence-corrected chi connectivity index (χ0v) is 12.1. The Morgan fingerprint density at radius 3 is 2.74 bits per heavy atom. The smallest absolute Gasteiger partial charge is 0.245 e. The number of allylic oxidation sites excluding steroid dienone is 1. The maximum atomic E-state index is 13.8. The second kappa shape index (κ2) is 6.36. The summed E-state index contributed by atoms with van der Waals surface area (Å²) in [5.41, 5.74) is 5.10. The molecule has 1 rings (SSSR count). The standard InChI is InChI=1S/C12H16ClFN2O2S/c1-3-4-5-6-16(2)19(17,18)11-8-9(13)7-10(15)12(11)14/h3,7-8H,1,4-6,15H2,2H3. The molecule has 0 saturated carbocycles. The quantitative estimate of drug-likeness (QED) is 0.499. The molecule has 0 heterocycles. The van der Waals surface area contributed by atoms with E-state index in [4.69, 9.17) is 17.3 Å². The van der Waals surface area contributed by atoms with E-state index in [1.165, 1.54) is 13.1 Å². The predicted molar refractivity (Wildman–Crippen MR) is 75.1 cm³/mol. The number of rotatable bonds is 6. The molecule has 0 amide bonds. The van der Waals surface area contributed by atoms with Crippen molar-refractivity contribution in [3.05, 3.63) is 35.6 Å². The number of hydrogen-bond acceptors (Lipinski definition) is 3. The zero-order chi connectivity index (χ0) is 14.6. The number of nitrogens with two attached hydrogens (primary N) is 1. The molecule has 0 aliphatic rings. The summed E-state index contributed by atoms with van der Waals surface area (Å²) < 4.78 is 39.3. The SMILES string of the molecule is C=CCCCN(C)S(=O)(=O)c1cc(Cl)cc(N)c1F. The number of anilines is 1. The second-order valence-electron chi connectivity index (χ2n) is 4.06. The molecule has 2 N–H and O–H groups in total. The van der Waals surface area contributed by atoms with Crippen LogP contribution in [0.25, 0.3) is 0 Å². The predicted octanol–water partition coefficient (Wildman–Crippen LogP) is 2.65. The lowest BCUT2D eigenvalue weighted by molar-refractivity contribution is 0.457. The van der Waals surface area contributed by atoms with E-state index in [-0.39, 0.29) is 17.3 Å². The fourth-order valence-corrected chi connectivity index (χ4v) is 3.14. The average molecular weight is 307 g/mol. The minimum Gasteiger partial charge on any atom is -0.396 e. The van der Waals surface area contributed by atoms with E-state index in [1.807, 2.05) is 0 Å². The van der Waals surface area contributed by atoms with Crippen LogP contribution in [0.2, 0.25) is 5.02 Å². The molecule has 0 spiro atoms. The van der Waals surface area contributed by atoms with Gasteiger partial charge in [-0.05, 0) is 25.0 Å². The maximum absolute atomic E-state index is 13.8. The number of hydrogen-bond donors (Lipinski definition) is 1. The molecule has 0 fully saturated rings. The molecule has 7 heteroatoms. The van der Waals surface area contributed by atoms with Gasteiger partial charge in [-0.1, -0.05) is 17.7 Å². The molecule has 0 bridgehead atoms. The monoisotopic (exact) mass is 306 g/mol. The van der Waals surface area contributed by atoms with Gasteiger partial charge in [-0.15, -0.1) is 6.58 Å². The van der Waals surface area contributed by atoms with Crippen LogP contribution in [0.15, 0.2) is 29.7 Å². The molecule has 1 aromatic rings. The van der Waals surface area contributed by atoms with Crippen molar-refractivity contribution in [2.75, 3.05) is 19.3 Å². The van der Waals surface area contributed by atoms with Gasteiger partial charge in [0.2, 0.25) is 10.0 Å². The highest BCUT2D eigenvalue weighted by molar-refractivity contribution is 7.89. The summed E-state index contributed by atoms with van der Waals surface area (Å²) in [6.45, 7) is 3.82. The molecule has 1 aromatic carbocycles. The minimum atomic E-state index is -3.94. The molecule has 19 heavy (non-hydrogen) atoms. The highest BCUT2D eigenvalue weighted by atomic mass is 35.5. The minimum absolute atomic E-state index is 0.0805. The van der Waals surface area contributed by atoms with E-state index in [2.05, 4.69) is 6.58 Å². The summed E-state index contributed by atoms with van der Waals surface area (Å²) in [6, 6.07) is 2.24. The Bertz CT molecular complexity index is 575. The van der Waals surface area contributed by atoms with Crippen molar-refractivity contribution in [1.82, 2.24) is 4.31 Å². The lowest BCUT2D eigenvalue weighted by Gasteiger charge is -2.18. The third kappa shape index (κ3) is 3.68. The van der Waals surface area contributed by atoms with Gasteiger partial charge in [0, 0.05) is 18.6 Å². The molecule has 0 radical (unpaired) electrons. The summed E-state index contributed by atoms with van der Waals surface area (Å²) in [6.07, 6.45) is 2.98. The summed E-state index contributed by atoms with van der Waals surface area (Å²) in [5.74, 6) is -0.972. The summed E-state index contributed by atoms with van der Waals surface area (Å²) in [4.78, 5) is -0.501. The second-order valence-corrected chi connectivity index (χ2v) is 6.51. The summed E-state index contributed by atoms with van der Waals surface area (Å²) in [7, 11) is -2.55. The number of nitrogen functional groups attached to an aromatic ring is 1. The van der Waals surface area contributed by atoms with Gasteiger partial charge in [-0.2, -0.15) is 0 Å². The molecule has 0 aliphatic carbocycles. The maximum Gasteiger partial charge on any atom is 0.245 e. The molecule has 0 aliphatic heterocycles. The van der Waals surface area contributed by atoms with Crippen LogP contribution in [0.4, 0.5) is 10.1 Å². The van der Waals surface area contributed by atoms with Crippen molar-refractivity contribution in [3.63, 3.8) is 0 Å². The van der Waals surface area contributed by atoms with Crippen LogP contribution in [0, 0.1) is 5.82 Å². The topological polar surface area (TPSA) is 63.4 Å². The van der Waals surface area contributed by atoms with Gasteiger partial charge < -0.3 is 5.73 Å². The Morgan fingerprint density at radius 1 is 1.53 bits per heavy atom. The van der Waals surface area contributed by atoms with Gasteiger partial charge in [0.25, 0.3) is 0 Å². The van der Waals surface area contributed by atoms with Crippen LogP contribution >= 0.6 is 11.6 Å². The first-order valence-corrected chi connectivity index (χ1v) is 7.44. The molecular weight excluding hydrogens is 291 g/mol. The van der Waals surface area contributed by atoms with E-state index >= 15 is 0 Å². The molecule has 0 aromatic heterocycles. The van der Waals surface area contributed by atoms with Crippen molar-refractivity contribution < 1.29 is 12.8 Å². The van der Waals surface area contributed by atoms with Crippen molar-refractivity contribution in [2.45, 2.75) is 17.7 Å². The van der Waals surface area contributed by atoms with Gasteiger partial charge in [-0.3, -0.25) is 0 Å². The number of unbranched alkanes of at least 4 members (excludes halogenated alkanes) is 1. The van der Waals surface area contributed by atoms with E-state index < -0.39 is 20.7 Å². The number of halogens is 2. The first-order chi connectivity index (χ1) is 8.80. The van der Waals surface area contributed by atoms with Crippen LogP contribution in [0.3, 0.4) is 0 Å². The molecule has 106 valence electrons. The zero-order valence-electron chi connectivity index (χ0n) is 10.6. The highest BCUT2D eigenvalue weighted by Crippen LogP contribution is 2.27. The Balaban J connectivity index is 3.09. The molecule has 0 unspecified atom stereocenters. The van der Waals surface area contributed by atoms with Gasteiger partial charge in [0.15, 0.2) is 5.82 Å². The highest BCUT2D eigenvalue weighted by Gasteiger charge is 2.25. The number of sulfonamides is 1. The summed E-state index contributed by atoms with van der Waals surface area (Å²) in [5, 5.41) is 0.0805. The molecular formula is C12H16ClFN2O2S. The Morgan fingerprint density at radius 2 is 2.16 bits per heavy atom. The Labute approximate surface area is 117 Å². The van der Waals surface area contributed by atoms with Crippen LogP contribution < -0.4 is 5.73 Å². The molecule has 4 nitrogen and oxygen atoms in total. The van der Waals surface area contributed by atoms with E-state index in [1.54, 1.807) is 6.08 Å². The van der Waals surface area contributed by atoms with Crippen LogP contribution in [0.5, 0.6) is 0 Å². The lowest BCUT2D eigenvalue weighted by atomic mass is 10.3. The van der Waals surface area contributed by atoms with E-state index in [9.17, 15) is 12.8 Å². The van der Waals surface area contributed by atoms with E-state index in [0.717, 1.165) is 10.4 Å². The first-order valence-electron chi connectivity index (χ1n) is 5.62. The third-order valence-corrected chi connectivity index (χ3v) is 4.68. The largest absolute Gasteiger partial charge is 0.396 e. The fourth-order valence-electron chi connectivity index (χ4n) is 1.52. The van der Waals surface area contributed by atoms with Gasteiger partial charge in [0.05, 0.1) is 5.69 Å². The van der Waals surface area contributed by atoms with Crippen LogP contribution in [-0.2, 0) is 10.0 Å². The number of benzene rings is 1. The fraction of sp³-hybridized carbons (Fsp3) is 0.333. The van der Waals surface area contributed by atoms with Gasteiger partial charge >= 0.3 is 0 Å². The lowest BCUT2D eigenvalue weighted by Crippen LogP contribution is -2.28. The molecule has 0 saturated heterocycles. The Kier molecular flexibility index (Phi) is 5.34. The van der Waals surface area contributed by atoms with E-state index in [0.29, 0.717) is 12.8 Å². The molecule has 0 atom stereocenters.